The number of aryl methyl sites for hydroxylation is 2. The van der Waals surface area contributed by atoms with E-state index in [1.807, 2.05) is 87.5 Å². The number of anilines is 2. The average Bonchev–Trinajstić information content (AvgIpc) is 2.78. The van der Waals surface area contributed by atoms with E-state index < -0.39 is 0 Å². The van der Waals surface area contributed by atoms with Crippen LogP contribution in [0.4, 0.5) is 11.4 Å². The Bertz CT molecular complexity index is 1040. The Labute approximate surface area is 183 Å². The lowest BCUT2D eigenvalue weighted by Crippen LogP contribution is -2.15. The SMILES string of the molecule is Cc1cc(C)c(NC(=O)/C=C/c2ccccc2)c(C)c1NC(=O)/C=C/c1ccccc1. The smallest absolute Gasteiger partial charge is 0.248 e. The van der Waals surface area contributed by atoms with E-state index in [1.165, 1.54) is 12.2 Å². The fourth-order valence-electron chi connectivity index (χ4n) is 3.37. The first-order valence-corrected chi connectivity index (χ1v) is 10.1. The number of carbonyl (C=O) groups excluding carboxylic acids is 2. The minimum absolute atomic E-state index is 0.222. The lowest BCUT2D eigenvalue weighted by molar-refractivity contribution is -0.112. The van der Waals surface area contributed by atoms with Gasteiger partial charge in [0.1, 0.15) is 0 Å². The zero-order valence-corrected chi connectivity index (χ0v) is 18.0. The molecule has 0 aliphatic carbocycles. The van der Waals surface area contributed by atoms with Crippen LogP contribution in [-0.4, -0.2) is 11.8 Å². The molecule has 156 valence electrons. The van der Waals surface area contributed by atoms with Gasteiger partial charge in [0.15, 0.2) is 0 Å². The summed E-state index contributed by atoms with van der Waals surface area (Å²) in [5, 5.41) is 5.90. The second-order valence-corrected chi connectivity index (χ2v) is 7.35. The molecular weight excluding hydrogens is 384 g/mol. The highest BCUT2D eigenvalue weighted by molar-refractivity contribution is 6.06. The standard InChI is InChI=1S/C27H26N2O2/c1-19-18-20(2)27(29-25(31)17-15-23-12-8-5-9-13-23)21(3)26(19)28-24(30)16-14-22-10-6-4-7-11-22/h4-18H,1-3H3,(H,28,30)(H,29,31)/b16-14+,17-15+. The summed E-state index contributed by atoms with van der Waals surface area (Å²) < 4.78 is 0. The van der Waals surface area contributed by atoms with E-state index in [9.17, 15) is 9.59 Å². The maximum atomic E-state index is 12.5. The first-order chi connectivity index (χ1) is 14.9. The molecule has 0 atom stereocenters. The van der Waals surface area contributed by atoms with Gasteiger partial charge in [0.05, 0.1) is 0 Å². The van der Waals surface area contributed by atoms with Crippen molar-refractivity contribution >= 4 is 35.3 Å². The van der Waals surface area contributed by atoms with Gasteiger partial charge < -0.3 is 10.6 Å². The average molecular weight is 411 g/mol. The van der Waals surface area contributed by atoms with Crippen molar-refractivity contribution in [3.63, 3.8) is 0 Å². The van der Waals surface area contributed by atoms with E-state index in [-0.39, 0.29) is 11.8 Å². The molecule has 0 spiro atoms. The third-order valence-electron chi connectivity index (χ3n) is 4.92. The molecule has 3 aromatic carbocycles. The Hall–Kier alpha value is -3.92. The van der Waals surface area contributed by atoms with E-state index in [4.69, 9.17) is 0 Å². The van der Waals surface area contributed by atoms with Gasteiger partial charge in [-0.2, -0.15) is 0 Å². The molecule has 4 heteroatoms. The van der Waals surface area contributed by atoms with Gasteiger partial charge in [-0.05, 0) is 60.7 Å². The summed E-state index contributed by atoms with van der Waals surface area (Å²) in [4.78, 5) is 24.9. The summed E-state index contributed by atoms with van der Waals surface area (Å²) in [5.74, 6) is -0.444. The fraction of sp³-hybridized carbons (Fsp3) is 0.111. The summed E-state index contributed by atoms with van der Waals surface area (Å²) in [6.07, 6.45) is 6.56. The Morgan fingerprint density at radius 3 is 1.42 bits per heavy atom. The summed E-state index contributed by atoms with van der Waals surface area (Å²) in [5.41, 5.74) is 6.01. The maximum absolute atomic E-state index is 12.5. The topological polar surface area (TPSA) is 58.2 Å². The highest BCUT2D eigenvalue weighted by Gasteiger charge is 2.14. The lowest BCUT2D eigenvalue weighted by Gasteiger charge is -2.17. The van der Waals surface area contributed by atoms with Crippen LogP contribution < -0.4 is 10.6 Å². The molecule has 3 aromatic rings. The van der Waals surface area contributed by atoms with Crippen LogP contribution in [0.15, 0.2) is 78.9 Å². The number of carbonyl (C=O) groups is 2. The van der Waals surface area contributed by atoms with Gasteiger partial charge in [0.2, 0.25) is 11.8 Å². The maximum Gasteiger partial charge on any atom is 0.248 e. The summed E-state index contributed by atoms with van der Waals surface area (Å²) in [7, 11) is 0. The Kier molecular flexibility index (Phi) is 7.17. The minimum atomic E-state index is -0.222. The molecule has 4 nitrogen and oxygen atoms in total. The molecule has 0 heterocycles. The van der Waals surface area contributed by atoms with E-state index in [2.05, 4.69) is 10.6 Å². The molecule has 0 radical (unpaired) electrons. The van der Waals surface area contributed by atoms with E-state index in [0.29, 0.717) is 11.4 Å². The van der Waals surface area contributed by atoms with Crippen LogP contribution in [0.2, 0.25) is 0 Å². The van der Waals surface area contributed by atoms with Crippen molar-refractivity contribution in [3.05, 3.63) is 107 Å². The third kappa shape index (κ3) is 6.03. The number of benzene rings is 3. The summed E-state index contributed by atoms with van der Waals surface area (Å²) >= 11 is 0. The molecule has 0 aliphatic rings. The van der Waals surface area contributed by atoms with Crippen molar-refractivity contribution in [3.8, 4) is 0 Å². The van der Waals surface area contributed by atoms with Gasteiger partial charge in [-0.3, -0.25) is 9.59 Å². The van der Waals surface area contributed by atoms with Crippen molar-refractivity contribution in [2.24, 2.45) is 0 Å². The largest absolute Gasteiger partial charge is 0.322 e. The molecule has 31 heavy (non-hydrogen) atoms. The Balaban J connectivity index is 1.76. The van der Waals surface area contributed by atoms with Crippen LogP contribution in [0.3, 0.4) is 0 Å². The molecule has 0 fully saturated rings. The predicted octanol–water partition coefficient (Wildman–Crippen LogP) is 5.92. The molecule has 0 saturated heterocycles. The fourth-order valence-corrected chi connectivity index (χ4v) is 3.37. The zero-order valence-electron chi connectivity index (χ0n) is 18.0. The van der Waals surface area contributed by atoms with E-state index >= 15 is 0 Å². The lowest BCUT2D eigenvalue weighted by atomic mass is 10.0. The summed E-state index contributed by atoms with van der Waals surface area (Å²) in [6.45, 7) is 5.78. The zero-order chi connectivity index (χ0) is 22.2. The molecule has 2 amide bonds. The third-order valence-corrected chi connectivity index (χ3v) is 4.92. The molecule has 2 N–H and O–H groups in total. The van der Waals surface area contributed by atoms with Gasteiger partial charge in [0.25, 0.3) is 0 Å². The number of nitrogens with one attached hydrogen (secondary N) is 2. The van der Waals surface area contributed by atoms with Gasteiger partial charge in [-0.1, -0.05) is 66.7 Å². The number of hydrogen-bond donors (Lipinski definition) is 2. The van der Waals surface area contributed by atoms with Crippen LogP contribution in [0.25, 0.3) is 12.2 Å². The highest BCUT2D eigenvalue weighted by Crippen LogP contribution is 2.31. The number of hydrogen-bond acceptors (Lipinski definition) is 2. The molecule has 0 saturated carbocycles. The molecule has 0 bridgehead atoms. The molecule has 3 rings (SSSR count). The van der Waals surface area contributed by atoms with Crippen LogP contribution in [0, 0.1) is 20.8 Å². The second kappa shape index (κ2) is 10.2. The first kappa shape index (κ1) is 21.8. The van der Waals surface area contributed by atoms with Crippen molar-refractivity contribution in [1.82, 2.24) is 0 Å². The Morgan fingerprint density at radius 2 is 1.03 bits per heavy atom. The van der Waals surface area contributed by atoms with Gasteiger partial charge in [-0.15, -0.1) is 0 Å². The van der Waals surface area contributed by atoms with Crippen LogP contribution in [0.5, 0.6) is 0 Å². The molecule has 0 aromatic heterocycles. The Morgan fingerprint density at radius 1 is 0.645 bits per heavy atom. The van der Waals surface area contributed by atoms with Gasteiger partial charge in [0, 0.05) is 23.5 Å². The normalized spacial score (nSPS) is 11.1. The van der Waals surface area contributed by atoms with Crippen molar-refractivity contribution in [2.45, 2.75) is 20.8 Å². The van der Waals surface area contributed by atoms with Gasteiger partial charge >= 0.3 is 0 Å². The van der Waals surface area contributed by atoms with Crippen LogP contribution in [0.1, 0.15) is 27.8 Å². The van der Waals surface area contributed by atoms with Crippen LogP contribution in [-0.2, 0) is 9.59 Å². The summed E-state index contributed by atoms with van der Waals surface area (Å²) in [6, 6.07) is 21.2. The van der Waals surface area contributed by atoms with Crippen molar-refractivity contribution in [1.29, 1.82) is 0 Å². The molecule has 0 unspecified atom stereocenters. The second-order valence-electron chi connectivity index (χ2n) is 7.35. The van der Waals surface area contributed by atoms with Crippen LogP contribution >= 0.6 is 0 Å². The number of rotatable bonds is 6. The van der Waals surface area contributed by atoms with Gasteiger partial charge in [-0.25, -0.2) is 0 Å². The quantitative estimate of drug-likeness (QED) is 0.496. The first-order valence-electron chi connectivity index (χ1n) is 10.1. The van der Waals surface area contributed by atoms with Crippen molar-refractivity contribution in [2.75, 3.05) is 10.6 Å². The number of amides is 2. The molecule has 0 aliphatic heterocycles. The molecular formula is C27H26N2O2. The van der Waals surface area contributed by atoms with E-state index in [0.717, 1.165) is 27.8 Å². The van der Waals surface area contributed by atoms with E-state index in [1.54, 1.807) is 12.2 Å². The van der Waals surface area contributed by atoms with Crippen molar-refractivity contribution < 1.29 is 9.59 Å². The monoisotopic (exact) mass is 410 g/mol. The highest BCUT2D eigenvalue weighted by atomic mass is 16.2. The predicted molar refractivity (Wildman–Crippen MR) is 129 cm³/mol. The minimum Gasteiger partial charge on any atom is -0.322 e.